The fraction of sp³-hybridized carbons (Fsp3) is 0.278. The van der Waals surface area contributed by atoms with E-state index >= 15 is 0 Å². The minimum absolute atomic E-state index is 0.0235. The first kappa shape index (κ1) is 16.6. The van der Waals surface area contributed by atoms with Crippen LogP contribution in [0, 0.1) is 5.92 Å². The van der Waals surface area contributed by atoms with Gasteiger partial charge in [-0.1, -0.05) is 48.5 Å². The van der Waals surface area contributed by atoms with Crippen LogP contribution in [0.25, 0.3) is 0 Å². The number of hydrogen-bond donors (Lipinski definition) is 0. The zero-order valence-corrected chi connectivity index (χ0v) is 13.4. The van der Waals surface area contributed by atoms with E-state index in [2.05, 4.69) is 12.1 Å². The second kappa shape index (κ2) is 9.28. The Morgan fingerprint density at radius 3 is 2.32 bits per heavy atom. The number of hydrogen-bond acceptors (Lipinski definition) is 4. The Hall–Kier alpha value is -1.78. The zero-order valence-electron chi connectivity index (χ0n) is 12.6. The molecule has 0 amide bonds. The van der Waals surface area contributed by atoms with Crippen molar-refractivity contribution < 1.29 is 14.0 Å². The van der Waals surface area contributed by atoms with E-state index in [0.29, 0.717) is 11.5 Å². The van der Waals surface area contributed by atoms with Gasteiger partial charge in [0, 0.05) is 23.7 Å². The topological polar surface area (TPSA) is 35.5 Å². The van der Waals surface area contributed by atoms with Gasteiger partial charge in [-0.05, 0) is 37.5 Å². The molecule has 0 bridgehead atoms. The highest BCUT2D eigenvalue weighted by Gasteiger charge is 2.15. The SMILES string of the molecule is CC(=O)C(CCc1ccccc1)CSOOc1ccccc1. The molecule has 0 aliphatic rings. The number of Topliss-reactive ketones (excluding diaryl/α,β-unsaturated/α-hetero) is 1. The molecule has 0 saturated carbocycles. The van der Waals surface area contributed by atoms with Gasteiger partial charge in [-0.2, -0.15) is 0 Å². The molecule has 22 heavy (non-hydrogen) atoms. The van der Waals surface area contributed by atoms with Gasteiger partial charge in [-0.25, -0.2) is 0 Å². The predicted molar refractivity (Wildman–Crippen MR) is 89.5 cm³/mol. The molecule has 2 rings (SSSR count). The molecule has 1 atom stereocenters. The summed E-state index contributed by atoms with van der Waals surface area (Å²) in [7, 11) is 0. The van der Waals surface area contributed by atoms with Crippen molar-refractivity contribution in [3.8, 4) is 5.75 Å². The summed E-state index contributed by atoms with van der Waals surface area (Å²) in [6.07, 6.45) is 1.71. The van der Waals surface area contributed by atoms with Gasteiger partial charge in [0.1, 0.15) is 5.78 Å². The average molecular weight is 316 g/mol. The molecule has 0 aliphatic carbocycles. The molecular formula is C18H20O3S. The van der Waals surface area contributed by atoms with Crippen molar-refractivity contribution in [1.82, 2.24) is 0 Å². The summed E-state index contributed by atoms with van der Waals surface area (Å²) in [5.41, 5.74) is 1.25. The Morgan fingerprint density at radius 2 is 1.68 bits per heavy atom. The molecule has 4 heteroatoms. The van der Waals surface area contributed by atoms with Crippen LogP contribution in [0.5, 0.6) is 5.75 Å². The molecular weight excluding hydrogens is 296 g/mol. The smallest absolute Gasteiger partial charge is 0.166 e. The highest BCUT2D eigenvalue weighted by Crippen LogP contribution is 2.19. The third-order valence-corrected chi connectivity index (χ3v) is 4.09. The maximum Gasteiger partial charge on any atom is 0.166 e. The number of carbonyl (C=O) groups is 1. The van der Waals surface area contributed by atoms with E-state index < -0.39 is 0 Å². The first-order valence-corrected chi connectivity index (χ1v) is 8.22. The van der Waals surface area contributed by atoms with Crippen LogP contribution in [0.4, 0.5) is 0 Å². The summed E-state index contributed by atoms with van der Waals surface area (Å²) in [5, 5.41) is 0. The summed E-state index contributed by atoms with van der Waals surface area (Å²) in [6.45, 7) is 1.63. The molecule has 116 valence electrons. The number of carbonyl (C=O) groups excluding carboxylic acids is 1. The van der Waals surface area contributed by atoms with E-state index in [1.165, 1.54) is 17.6 Å². The fourth-order valence-electron chi connectivity index (χ4n) is 2.04. The van der Waals surface area contributed by atoms with E-state index in [9.17, 15) is 4.79 Å². The van der Waals surface area contributed by atoms with Crippen LogP contribution >= 0.6 is 12.0 Å². The monoisotopic (exact) mass is 316 g/mol. The van der Waals surface area contributed by atoms with Gasteiger partial charge in [0.25, 0.3) is 0 Å². The van der Waals surface area contributed by atoms with Crippen LogP contribution in [0.3, 0.4) is 0 Å². The van der Waals surface area contributed by atoms with Gasteiger partial charge < -0.3 is 4.89 Å². The lowest BCUT2D eigenvalue weighted by Crippen LogP contribution is -2.15. The maximum absolute atomic E-state index is 11.7. The van der Waals surface area contributed by atoms with Crippen LogP contribution in [0.15, 0.2) is 60.7 Å². The third-order valence-electron chi connectivity index (χ3n) is 3.39. The first-order valence-electron chi connectivity index (χ1n) is 7.31. The van der Waals surface area contributed by atoms with Crippen molar-refractivity contribution in [1.29, 1.82) is 0 Å². The van der Waals surface area contributed by atoms with E-state index in [4.69, 9.17) is 9.22 Å². The predicted octanol–water partition coefficient (Wildman–Crippen LogP) is 4.48. The quantitative estimate of drug-likeness (QED) is 0.296. The molecule has 0 aromatic heterocycles. The van der Waals surface area contributed by atoms with E-state index in [1.807, 2.05) is 48.5 Å². The van der Waals surface area contributed by atoms with Crippen LogP contribution < -0.4 is 4.89 Å². The van der Waals surface area contributed by atoms with Crippen LogP contribution in [0.1, 0.15) is 18.9 Å². The largest absolute Gasteiger partial charge is 0.325 e. The Balaban J connectivity index is 1.71. The van der Waals surface area contributed by atoms with Crippen molar-refractivity contribution in [3.05, 3.63) is 66.2 Å². The lowest BCUT2D eigenvalue weighted by atomic mass is 9.98. The molecule has 0 saturated heterocycles. The molecule has 0 heterocycles. The van der Waals surface area contributed by atoms with Crippen molar-refractivity contribution in [2.75, 3.05) is 5.75 Å². The van der Waals surface area contributed by atoms with Crippen molar-refractivity contribution in [3.63, 3.8) is 0 Å². The Morgan fingerprint density at radius 1 is 1.05 bits per heavy atom. The number of para-hydroxylation sites is 1. The summed E-state index contributed by atoms with van der Waals surface area (Å²) >= 11 is 1.18. The van der Waals surface area contributed by atoms with Crippen LogP contribution in [0.2, 0.25) is 0 Å². The maximum atomic E-state index is 11.7. The minimum Gasteiger partial charge on any atom is -0.325 e. The molecule has 0 spiro atoms. The highest BCUT2D eigenvalue weighted by molar-refractivity contribution is 7.94. The van der Waals surface area contributed by atoms with Gasteiger partial charge in [-0.15, -0.1) is 4.33 Å². The Labute approximate surface area is 135 Å². The molecule has 2 aromatic rings. The molecule has 0 aliphatic heterocycles. The zero-order chi connectivity index (χ0) is 15.6. The van der Waals surface area contributed by atoms with Gasteiger partial charge in [0.2, 0.25) is 0 Å². The van der Waals surface area contributed by atoms with Gasteiger partial charge in [0.05, 0.1) is 0 Å². The lowest BCUT2D eigenvalue weighted by molar-refractivity contribution is -0.120. The average Bonchev–Trinajstić information content (AvgIpc) is 2.55. The summed E-state index contributed by atoms with van der Waals surface area (Å²) in [4.78, 5) is 16.9. The van der Waals surface area contributed by atoms with Gasteiger partial charge >= 0.3 is 0 Å². The fourth-order valence-corrected chi connectivity index (χ4v) is 2.79. The number of benzene rings is 2. The lowest BCUT2D eigenvalue weighted by Gasteiger charge is -2.12. The van der Waals surface area contributed by atoms with Crippen LogP contribution in [-0.2, 0) is 15.5 Å². The second-order valence-corrected chi connectivity index (χ2v) is 5.79. The van der Waals surface area contributed by atoms with Gasteiger partial charge in [-0.3, -0.25) is 4.79 Å². The summed E-state index contributed by atoms with van der Waals surface area (Å²) < 4.78 is 5.12. The van der Waals surface area contributed by atoms with Gasteiger partial charge in [0.15, 0.2) is 5.75 Å². The standard InChI is InChI=1S/C18H20O3S/c1-15(19)17(13-12-16-8-4-2-5-9-16)14-22-21-20-18-10-6-3-7-11-18/h2-11,17H,12-14H2,1H3. The first-order chi connectivity index (χ1) is 10.8. The summed E-state index contributed by atoms with van der Waals surface area (Å²) in [6, 6.07) is 19.5. The van der Waals surface area contributed by atoms with Crippen molar-refractivity contribution in [2.24, 2.45) is 5.92 Å². The number of ketones is 1. The molecule has 2 aromatic carbocycles. The number of aryl methyl sites for hydroxylation is 1. The Kier molecular flexibility index (Phi) is 7.00. The minimum atomic E-state index is -0.0235. The Bertz CT molecular complexity index is 557. The molecule has 0 N–H and O–H groups in total. The molecule has 0 fully saturated rings. The molecule has 3 nitrogen and oxygen atoms in total. The van der Waals surface area contributed by atoms with E-state index in [1.54, 1.807) is 6.92 Å². The number of rotatable bonds is 9. The normalized spacial score (nSPS) is 11.9. The molecule has 1 unspecified atom stereocenters. The highest BCUT2D eigenvalue weighted by atomic mass is 32.2. The second-order valence-electron chi connectivity index (χ2n) is 5.08. The van der Waals surface area contributed by atoms with Crippen molar-refractivity contribution >= 4 is 17.8 Å². The third kappa shape index (κ3) is 5.92. The van der Waals surface area contributed by atoms with Crippen LogP contribution in [-0.4, -0.2) is 11.5 Å². The van der Waals surface area contributed by atoms with E-state index in [0.717, 1.165) is 12.8 Å². The summed E-state index contributed by atoms with van der Waals surface area (Å²) in [5.74, 6) is 1.41. The molecule has 0 radical (unpaired) electrons. The van der Waals surface area contributed by atoms with Crippen molar-refractivity contribution in [2.45, 2.75) is 19.8 Å². The van der Waals surface area contributed by atoms with E-state index in [-0.39, 0.29) is 11.7 Å².